The number of hydrogen-bond donors (Lipinski definition) is 0. The molecular formula is C15H20ClNOS. The van der Waals surface area contributed by atoms with Gasteiger partial charge in [-0.1, -0.05) is 11.6 Å². The zero-order chi connectivity index (χ0) is 13.8. The van der Waals surface area contributed by atoms with E-state index >= 15 is 0 Å². The first-order valence-electron chi connectivity index (χ1n) is 6.72. The minimum atomic E-state index is 0.251. The summed E-state index contributed by atoms with van der Waals surface area (Å²) in [4.78, 5) is 15.1. The van der Waals surface area contributed by atoms with Crippen LogP contribution in [0.3, 0.4) is 0 Å². The number of rotatable bonds is 6. The molecule has 19 heavy (non-hydrogen) atoms. The molecule has 1 atom stereocenters. The van der Waals surface area contributed by atoms with Gasteiger partial charge in [0.25, 0.3) is 0 Å². The van der Waals surface area contributed by atoms with Gasteiger partial charge >= 0.3 is 0 Å². The van der Waals surface area contributed by atoms with E-state index in [2.05, 4.69) is 6.92 Å². The minimum Gasteiger partial charge on any atom is -0.343 e. The molecule has 0 spiro atoms. The van der Waals surface area contributed by atoms with E-state index in [1.807, 2.05) is 36.2 Å². The molecule has 1 aromatic rings. The average Bonchev–Trinajstić information content (AvgIpc) is 3.23. The SMILES string of the molecule is CC(C1CC1)N(C)C(=O)CCSc1ccc(Cl)cc1. The van der Waals surface area contributed by atoms with Crippen LogP contribution < -0.4 is 0 Å². The number of benzene rings is 1. The van der Waals surface area contributed by atoms with Crippen molar-refractivity contribution in [2.24, 2.45) is 5.92 Å². The summed E-state index contributed by atoms with van der Waals surface area (Å²) < 4.78 is 0. The van der Waals surface area contributed by atoms with E-state index in [-0.39, 0.29) is 5.91 Å². The number of hydrogen-bond acceptors (Lipinski definition) is 2. The van der Waals surface area contributed by atoms with Gasteiger partial charge in [0.2, 0.25) is 5.91 Å². The monoisotopic (exact) mass is 297 g/mol. The molecule has 1 unspecified atom stereocenters. The van der Waals surface area contributed by atoms with Crippen molar-refractivity contribution in [3.63, 3.8) is 0 Å². The molecule has 0 aromatic heterocycles. The molecule has 0 aliphatic heterocycles. The largest absolute Gasteiger partial charge is 0.343 e. The maximum Gasteiger partial charge on any atom is 0.223 e. The summed E-state index contributed by atoms with van der Waals surface area (Å²) >= 11 is 7.54. The molecule has 0 saturated heterocycles. The molecule has 1 saturated carbocycles. The van der Waals surface area contributed by atoms with E-state index in [1.54, 1.807) is 11.8 Å². The van der Waals surface area contributed by atoms with Crippen LogP contribution in [0.15, 0.2) is 29.2 Å². The Bertz CT molecular complexity index is 430. The van der Waals surface area contributed by atoms with E-state index in [0.29, 0.717) is 12.5 Å². The lowest BCUT2D eigenvalue weighted by atomic mass is 10.2. The van der Waals surface area contributed by atoms with Gasteiger partial charge in [-0.3, -0.25) is 4.79 Å². The Morgan fingerprint density at radius 2 is 2.05 bits per heavy atom. The zero-order valence-corrected chi connectivity index (χ0v) is 13.0. The van der Waals surface area contributed by atoms with Crippen molar-refractivity contribution in [3.05, 3.63) is 29.3 Å². The van der Waals surface area contributed by atoms with Gasteiger partial charge in [0.05, 0.1) is 0 Å². The first kappa shape index (κ1) is 14.7. The Balaban J connectivity index is 1.72. The normalized spacial score (nSPS) is 16.2. The van der Waals surface area contributed by atoms with Crippen molar-refractivity contribution in [1.82, 2.24) is 4.90 Å². The molecule has 1 aliphatic rings. The molecule has 0 N–H and O–H groups in total. The van der Waals surface area contributed by atoms with Gasteiger partial charge in [-0.15, -0.1) is 11.8 Å². The first-order chi connectivity index (χ1) is 9.08. The molecule has 2 nitrogen and oxygen atoms in total. The Hall–Kier alpha value is -0.670. The maximum atomic E-state index is 12.1. The fraction of sp³-hybridized carbons (Fsp3) is 0.533. The second-order valence-corrected chi connectivity index (χ2v) is 6.74. The number of thioether (sulfide) groups is 1. The van der Waals surface area contributed by atoms with Crippen molar-refractivity contribution in [2.45, 2.75) is 37.1 Å². The van der Waals surface area contributed by atoms with Crippen LogP contribution in [0.25, 0.3) is 0 Å². The first-order valence-corrected chi connectivity index (χ1v) is 8.08. The molecule has 1 aliphatic carbocycles. The van der Waals surface area contributed by atoms with Crippen LogP contribution >= 0.6 is 23.4 Å². The average molecular weight is 298 g/mol. The number of halogens is 1. The smallest absolute Gasteiger partial charge is 0.223 e. The Morgan fingerprint density at radius 3 is 2.63 bits per heavy atom. The highest BCUT2D eigenvalue weighted by atomic mass is 35.5. The number of carbonyl (C=O) groups excluding carboxylic acids is 1. The lowest BCUT2D eigenvalue weighted by Gasteiger charge is -2.24. The number of nitrogens with zero attached hydrogens (tertiary/aromatic N) is 1. The van der Waals surface area contributed by atoms with E-state index in [9.17, 15) is 4.79 Å². The van der Waals surface area contributed by atoms with Crippen LogP contribution in [0.5, 0.6) is 0 Å². The lowest BCUT2D eigenvalue weighted by molar-refractivity contribution is -0.131. The van der Waals surface area contributed by atoms with Gasteiger partial charge in [-0.05, 0) is 49.9 Å². The molecule has 1 fully saturated rings. The second-order valence-electron chi connectivity index (χ2n) is 5.14. The van der Waals surface area contributed by atoms with Gasteiger partial charge in [-0.2, -0.15) is 0 Å². The topological polar surface area (TPSA) is 20.3 Å². The Morgan fingerprint density at radius 1 is 1.42 bits per heavy atom. The molecule has 0 heterocycles. The Kier molecular flexibility index (Phi) is 5.17. The van der Waals surface area contributed by atoms with Gasteiger partial charge in [0.1, 0.15) is 0 Å². The van der Waals surface area contributed by atoms with Crippen molar-refractivity contribution in [3.8, 4) is 0 Å². The van der Waals surface area contributed by atoms with Crippen LogP contribution in [0, 0.1) is 5.92 Å². The lowest BCUT2D eigenvalue weighted by Crippen LogP contribution is -2.36. The third-order valence-electron chi connectivity index (χ3n) is 3.71. The second kappa shape index (κ2) is 6.67. The minimum absolute atomic E-state index is 0.251. The van der Waals surface area contributed by atoms with E-state index in [4.69, 9.17) is 11.6 Å². The summed E-state index contributed by atoms with van der Waals surface area (Å²) in [7, 11) is 1.93. The highest BCUT2D eigenvalue weighted by Crippen LogP contribution is 2.34. The van der Waals surface area contributed by atoms with Crippen molar-refractivity contribution in [2.75, 3.05) is 12.8 Å². The zero-order valence-electron chi connectivity index (χ0n) is 11.4. The highest BCUT2D eigenvalue weighted by molar-refractivity contribution is 7.99. The molecule has 4 heteroatoms. The van der Waals surface area contributed by atoms with Crippen LogP contribution in [-0.2, 0) is 4.79 Å². The van der Waals surface area contributed by atoms with Crippen molar-refractivity contribution >= 4 is 29.3 Å². The van der Waals surface area contributed by atoms with Crippen LogP contribution in [0.4, 0.5) is 0 Å². The van der Waals surface area contributed by atoms with E-state index in [1.165, 1.54) is 12.8 Å². The Labute approximate surface area is 124 Å². The van der Waals surface area contributed by atoms with Crippen molar-refractivity contribution < 1.29 is 4.79 Å². The van der Waals surface area contributed by atoms with Gasteiger partial charge in [0, 0.05) is 35.2 Å². The number of amides is 1. The molecule has 1 aromatic carbocycles. The third-order valence-corrected chi connectivity index (χ3v) is 4.97. The summed E-state index contributed by atoms with van der Waals surface area (Å²) in [6.45, 7) is 2.15. The molecule has 0 radical (unpaired) electrons. The highest BCUT2D eigenvalue weighted by Gasteiger charge is 2.32. The maximum absolute atomic E-state index is 12.1. The standard InChI is InChI=1S/C15H20ClNOS/c1-11(12-3-4-12)17(2)15(18)9-10-19-14-7-5-13(16)6-8-14/h5-8,11-12H,3-4,9-10H2,1-2H3. The van der Waals surface area contributed by atoms with Crippen LogP contribution in [0.1, 0.15) is 26.2 Å². The van der Waals surface area contributed by atoms with Gasteiger partial charge in [-0.25, -0.2) is 0 Å². The fourth-order valence-corrected chi connectivity index (χ4v) is 3.05. The summed E-state index contributed by atoms with van der Waals surface area (Å²) in [5.74, 6) is 1.81. The quantitative estimate of drug-likeness (QED) is 0.738. The van der Waals surface area contributed by atoms with Gasteiger partial charge in [0.15, 0.2) is 0 Å². The van der Waals surface area contributed by atoms with Crippen LogP contribution in [0.2, 0.25) is 5.02 Å². The summed E-state index contributed by atoms with van der Waals surface area (Å²) in [5, 5.41) is 0.749. The molecule has 104 valence electrons. The summed E-state index contributed by atoms with van der Waals surface area (Å²) in [5.41, 5.74) is 0. The molecule has 1 amide bonds. The molecular weight excluding hydrogens is 278 g/mol. The summed E-state index contributed by atoms with van der Waals surface area (Å²) in [6, 6.07) is 8.15. The number of carbonyl (C=O) groups is 1. The fourth-order valence-electron chi connectivity index (χ4n) is 2.09. The predicted molar refractivity (Wildman–Crippen MR) is 81.7 cm³/mol. The molecule has 0 bridgehead atoms. The molecule has 2 rings (SSSR count). The van der Waals surface area contributed by atoms with Gasteiger partial charge < -0.3 is 4.90 Å². The summed E-state index contributed by atoms with van der Waals surface area (Å²) in [6.07, 6.45) is 3.15. The third kappa shape index (κ3) is 4.43. The van der Waals surface area contributed by atoms with E-state index in [0.717, 1.165) is 21.6 Å². The predicted octanol–water partition coefficient (Wildman–Crippen LogP) is 4.08. The van der Waals surface area contributed by atoms with E-state index < -0.39 is 0 Å². The van der Waals surface area contributed by atoms with Crippen molar-refractivity contribution in [1.29, 1.82) is 0 Å². The van der Waals surface area contributed by atoms with Crippen LogP contribution in [-0.4, -0.2) is 29.6 Å².